The minimum atomic E-state index is -0.431. The first kappa shape index (κ1) is 22.0. The smallest absolute Gasteiger partial charge is 0.278 e. The van der Waals surface area contributed by atoms with Gasteiger partial charge in [-0.15, -0.1) is 0 Å². The van der Waals surface area contributed by atoms with Crippen LogP contribution in [0.2, 0.25) is 0 Å². The lowest BCUT2D eigenvalue weighted by molar-refractivity contribution is 0.102. The Labute approximate surface area is 205 Å². The van der Waals surface area contributed by atoms with E-state index in [0.29, 0.717) is 24.6 Å². The summed E-state index contributed by atoms with van der Waals surface area (Å²) in [4.78, 5) is 28.3. The molecule has 0 saturated carbocycles. The van der Waals surface area contributed by atoms with Gasteiger partial charge in [0.1, 0.15) is 23.0 Å². The van der Waals surface area contributed by atoms with Crippen LogP contribution in [0.15, 0.2) is 42.9 Å². The topological polar surface area (TPSA) is 115 Å². The number of halogens is 1. The molecule has 1 aliphatic carbocycles. The van der Waals surface area contributed by atoms with Gasteiger partial charge in [0.15, 0.2) is 11.5 Å². The molecule has 1 fully saturated rings. The van der Waals surface area contributed by atoms with Gasteiger partial charge in [-0.2, -0.15) is 0 Å². The maximum Gasteiger partial charge on any atom is 0.278 e. The number of nitrogen functional groups attached to an aromatic ring is 1. The molecular formula is C23H23IN6O3. The second kappa shape index (κ2) is 9.57. The number of pyridine rings is 1. The molecule has 1 saturated heterocycles. The lowest BCUT2D eigenvalue weighted by Crippen LogP contribution is -2.36. The number of fused-ring (bicyclic) bond motifs is 1. The van der Waals surface area contributed by atoms with Crippen molar-refractivity contribution in [2.24, 2.45) is 0 Å². The minimum Gasteiger partial charge on any atom is -0.382 e. The van der Waals surface area contributed by atoms with Gasteiger partial charge in [0.2, 0.25) is 0 Å². The van der Waals surface area contributed by atoms with E-state index in [1.807, 2.05) is 35.1 Å². The predicted octanol–water partition coefficient (Wildman–Crippen LogP) is 3.56. The number of ether oxygens (including phenoxy) is 1. The lowest BCUT2D eigenvalue weighted by Gasteiger charge is -2.30. The van der Waals surface area contributed by atoms with E-state index < -0.39 is 5.91 Å². The number of morpholine rings is 1. The van der Waals surface area contributed by atoms with Crippen molar-refractivity contribution < 1.29 is 12.6 Å². The largest absolute Gasteiger partial charge is 0.382 e. The number of rotatable bonds is 5. The van der Waals surface area contributed by atoms with Crippen molar-refractivity contribution in [3.05, 3.63) is 59.7 Å². The number of aryl methyl sites for hydroxylation is 1. The minimum absolute atomic E-state index is 0.0641. The molecule has 5 rings (SSSR count). The first-order valence-corrected chi connectivity index (χ1v) is 11.6. The number of anilines is 3. The summed E-state index contributed by atoms with van der Waals surface area (Å²) in [5.41, 5.74) is 11.5. The number of hydrogen-bond donors (Lipinski definition) is 2. The molecule has 1 atom stereocenters. The van der Waals surface area contributed by atoms with Gasteiger partial charge in [-0.3, -0.25) is 9.78 Å². The fourth-order valence-electron chi connectivity index (χ4n) is 4.27. The van der Waals surface area contributed by atoms with Crippen molar-refractivity contribution in [2.45, 2.75) is 18.9 Å². The third kappa shape index (κ3) is 4.50. The molecule has 10 heteroatoms. The summed E-state index contributed by atoms with van der Waals surface area (Å²) in [6, 6.07) is 8.02. The van der Waals surface area contributed by atoms with Crippen molar-refractivity contribution in [3.8, 4) is 11.3 Å². The number of nitrogens with zero attached hydrogens (tertiary/aromatic N) is 4. The Bertz CT molecular complexity index is 1180. The summed E-state index contributed by atoms with van der Waals surface area (Å²) in [6.07, 6.45) is 6.93. The number of hydrogen-bond acceptors (Lipinski definition) is 8. The highest BCUT2D eigenvalue weighted by molar-refractivity contribution is 14.1. The summed E-state index contributed by atoms with van der Waals surface area (Å²) in [5, 5.41) is 2.91. The maximum absolute atomic E-state index is 13.2. The average Bonchev–Trinajstić information content (AvgIpc) is 3.27. The Balaban J connectivity index is 1.42. The van der Waals surface area contributed by atoms with Crippen LogP contribution in [0.4, 0.5) is 17.2 Å². The molecule has 33 heavy (non-hydrogen) atoms. The Kier molecular flexibility index (Phi) is 6.38. The van der Waals surface area contributed by atoms with Crippen molar-refractivity contribution in [1.29, 1.82) is 0 Å². The van der Waals surface area contributed by atoms with Gasteiger partial charge in [-0.05, 0) is 36.1 Å². The monoisotopic (exact) mass is 558 g/mol. The number of nitrogens with one attached hydrogen (secondary N) is 1. The second-order valence-corrected chi connectivity index (χ2v) is 8.47. The molecule has 0 spiro atoms. The molecule has 1 unspecified atom stereocenters. The standard InChI is InChI=1S/C23H23IN6O3/c24-33-20-4-3-14-1-2-15(11-16(14)20)17-13-27-22(25)21(28-17)23(31)29-18-12-26-6-5-19(18)30-7-9-32-10-8-30/h1-2,5-6,11-13,20H,3-4,7-10H2,(H2,25,27)(H,29,31). The van der Waals surface area contributed by atoms with Crippen molar-refractivity contribution in [2.75, 3.05) is 42.3 Å². The Hall–Kier alpha value is -2.83. The number of carbonyl (C=O) groups is 1. The quantitative estimate of drug-likeness (QED) is 0.457. The molecule has 1 amide bonds. The van der Waals surface area contributed by atoms with Crippen molar-refractivity contribution in [3.63, 3.8) is 0 Å². The van der Waals surface area contributed by atoms with Gasteiger partial charge in [0, 0.05) is 24.8 Å². The van der Waals surface area contributed by atoms with Gasteiger partial charge in [-0.25, -0.2) is 9.97 Å². The molecule has 0 radical (unpaired) electrons. The van der Waals surface area contributed by atoms with E-state index >= 15 is 0 Å². The molecule has 170 valence electrons. The normalized spacial score (nSPS) is 17.6. The van der Waals surface area contributed by atoms with Crippen LogP contribution in [0.3, 0.4) is 0 Å². The summed E-state index contributed by atoms with van der Waals surface area (Å²) < 4.78 is 11.0. The molecule has 9 nitrogen and oxygen atoms in total. The van der Waals surface area contributed by atoms with E-state index in [4.69, 9.17) is 13.5 Å². The number of amides is 1. The SMILES string of the molecule is Nc1ncc(-c2ccc3c(c2)C(OI)CC3)nc1C(=O)Nc1cnccc1N1CCOCC1. The van der Waals surface area contributed by atoms with E-state index in [9.17, 15) is 4.79 Å². The highest BCUT2D eigenvalue weighted by Crippen LogP contribution is 2.37. The Morgan fingerprint density at radius 3 is 2.91 bits per heavy atom. The van der Waals surface area contributed by atoms with Crippen LogP contribution in [0.1, 0.15) is 34.1 Å². The number of carbonyl (C=O) groups excluding carboxylic acids is 1. The predicted molar refractivity (Wildman–Crippen MR) is 133 cm³/mol. The fraction of sp³-hybridized carbons (Fsp3) is 0.304. The van der Waals surface area contributed by atoms with E-state index in [1.54, 1.807) is 18.6 Å². The van der Waals surface area contributed by atoms with Crippen LogP contribution in [-0.4, -0.2) is 47.2 Å². The Morgan fingerprint density at radius 1 is 1.24 bits per heavy atom. The Morgan fingerprint density at radius 2 is 2.09 bits per heavy atom. The summed E-state index contributed by atoms with van der Waals surface area (Å²) in [7, 11) is 0. The molecule has 3 aromatic rings. The van der Waals surface area contributed by atoms with E-state index in [2.05, 4.69) is 37.3 Å². The zero-order valence-electron chi connectivity index (χ0n) is 17.8. The van der Waals surface area contributed by atoms with E-state index in [1.165, 1.54) is 5.56 Å². The third-order valence-corrected chi connectivity index (χ3v) is 6.60. The van der Waals surface area contributed by atoms with Crippen LogP contribution in [-0.2, 0) is 14.2 Å². The van der Waals surface area contributed by atoms with Gasteiger partial charge < -0.3 is 23.8 Å². The van der Waals surface area contributed by atoms with Crippen molar-refractivity contribution >= 4 is 46.1 Å². The summed E-state index contributed by atoms with van der Waals surface area (Å²) >= 11 is 1.95. The number of nitrogens with two attached hydrogens (primary N) is 1. The van der Waals surface area contributed by atoms with Gasteiger partial charge in [0.05, 0.1) is 48.8 Å². The first-order chi connectivity index (χ1) is 16.1. The lowest BCUT2D eigenvalue weighted by atomic mass is 10.0. The third-order valence-electron chi connectivity index (χ3n) is 5.99. The van der Waals surface area contributed by atoms with Gasteiger partial charge >= 0.3 is 0 Å². The molecule has 2 aliphatic rings. The molecule has 3 heterocycles. The fourth-order valence-corrected chi connectivity index (χ4v) is 4.79. The number of aromatic nitrogens is 3. The zero-order valence-corrected chi connectivity index (χ0v) is 20.0. The molecule has 1 aromatic carbocycles. The van der Waals surface area contributed by atoms with Crippen LogP contribution in [0.5, 0.6) is 0 Å². The van der Waals surface area contributed by atoms with E-state index in [0.717, 1.165) is 42.7 Å². The molecule has 0 bridgehead atoms. The number of benzene rings is 1. The second-order valence-electron chi connectivity index (χ2n) is 7.97. The molecule has 3 N–H and O–H groups in total. The maximum atomic E-state index is 13.2. The summed E-state index contributed by atoms with van der Waals surface area (Å²) in [6.45, 7) is 2.76. The van der Waals surface area contributed by atoms with E-state index in [-0.39, 0.29) is 17.6 Å². The summed E-state index contributed by atoms with van der Waals surface area (Å²) in [5.74, 6) is -0.360. The zero-order chi connectivity index (χ0) is 22.8. The van der Waals surface area contributed by atoms with Crippen LogP contribution >= 0.6 is 23.0 Å². The van der Waals surface area contributed by atoms with Crippen molar-refractivity contribution in [1.82, 2.24) is 15.0 Å². The molecule has 2 aromatic heterocycles. The van der Waals surface area contributed by atoms with Crippen LogP contribution in [0, 0.1) is 0 Å². The molecular weight excluding hydrogens is 535 g/mol. The highest BCUT2D eigenvalue weighted by Gasteiger charge is 2.24. The highest BCUT2D eigenvalue weighted by atomic mass is 127. The van der Waals surface area contributed by atoms with Crippen LogP contribution in [0.25, 0.3) is 11.3 Å². The average molecular weight is 558 g/mol. The molecule has 1 aliphatic heterocycles. The van der Waals surface area contributed by atoms with Gasteiger partial charge in [-0.1, -0.05) is 12.1 Å². The van der Waals surface area contributed by atoms with Gasteiger partial charge in [0.25, 0.3) is 5.91 Å². The van der Waals surface area contributed by atoms with Crippen LogP contribution < -0.4 is 16.0 Å². The first-order valence-electron chi connectivity index (χ1n) is 10.7.